The Morgan fingerprint density at radius 2 is 1.03 bits per heavy atom. The van der Waals surface area contributed by atoms with Crippen LogP contribution in [0, 0.1) is 50.2 Å². The maximum absolute atomic E-state index is 15.7. The van der Waals surface area contributed by atoms with Crippen molar-refractivity contribution < 1.29 is 168 Å². The second-order valence-corrected chi connectivity index (χ2v) is 32.7. The summed E-state index contributed by atoms with van der Waals surface area (Å²) >= 11 is 0. The van der Waals surface area contributed by atoms with Gasteiger partial charge in [-0.15, -0.1) is 0 Å². The van der Waals surface area contributed by atoms with Gasteiger partial charge in [-0.2, -0.15) is 0 Å². The lowest BCUT2D eigenvalue weighted by Crippen LogP contribution is -2.70. The van der Waals surface area contributed by atoms with Gasteiger partial charge in [0.05, 0.1) is 83.2 Å². The zero-order chi connectivity index (χ0) is 73.4. The summed E-state index contributed by atoms with van der Waals surface area (Å²) in [6.07, 6.45) is -40.6. The van der Waals surface area contributed by atoms with Crippen molar-refractivity contribution in [3.05, 3.63) is 11.6 Å². The number of carbonyl (C=O) groups is 1. The fourth-order valence-corrected chi connectivity index (χ4v) is 19.7. The van der Waals surface area contributed by atoms with Crippen molar-refractivity contribution >= 4 is 5.97 Å². The van der Waals surface area contributed by atoms with Crippen LogP contribution in [0.2, 0.25) is 0 Å². The van der Waals surface area contributed by atoms with Gasteiger partial charge in [0.2, 0.25) is 6.29 Å². The van der Waals surface area contributed by atoms with Gasteiger partial charge in [-0.25, -0.2) is 0 Å². The highest BCUT2D eigenvalue weighted by atomic mass is 16.8. The number of hydrogen-bond donors (Lipinski definition) is 19. The van der Waals surface area contributed by atoms with E-state index in [-0.39, 0.29) is 23.7 Å². The molecule has 0 aromatic heterocycles. The van der Waals surface area contributed by atoms with E-state index in [1.807, 2.05) is 6.92 Å². The summed E-state index contributed by atoms with van der Waals surface area (Å²) in [4.78, 5) is 15.7. The zero-order valence-electron chi connectivity index (χ0n) is 57.8. The van der Waals surface area contributed by atoms with Crippen molar-refractivity contribution in [3.63, 3.8) is 0 Å². The maximum Gasteiger partial charge on any atom is 0.315 e. The number of allylic oxidation sites excluding steroid dienone is 2. The van der Waals surface area contributed by atoms with E-state index >= 15 is 4.79 Å². The van der Waals surface area contributed by atoms with Crippen molar-refractivity contribution in [3.8, 4) is 0 Å². The fraction of sp³-hybridized carbons (Fsp3) is 0.955. The average molecular weight is 1460 g/mol. The van der Waals surface area contributed by atoms with E-state index in [1.54, 1.807) is 0 Å². The van der Waals surface area contributed by atoms with E-state index < -0.39 is 282 Å². The van der Waals surface area contributed by atoms with Gasteiger partial charge in [0.25, 0.3) is 0 Å². The molecule has 7 saturated heterocycles. The lowest BCUT2D eigenvalue weighted by Gasteiger charge is -2.72. The normalized spacial score (nSPS) is 55.1. The van der Waals surface area contributed by atoms with E-state index in [1.165, 1.54) is 6.92 Å². The smallest absolute Gasteiger partial charge is 0.315 e. The standard InChI is InChI=1S/C67H108O34/c1-27-44(95-53-41(80)45(33(75)21-89-53)96-57-49(83)66(86,23-70)25-91-57)47(98-58-50(84)67(87,24-71)26-92-58)43(82)54(93-27)99-48-38(77)32(74)20-90-56(48)101-59(85)65-14-12-60(2,3)16-29(65)28-8-9-36-61(4)17-30(72)51(62(5,22-69)35(61)10-11-64(36,7)63(28,6)13-15-65)100-55-42(81)46(39(78)34(18-68)94-55)97-52-40(79)37(76)31(73)19-88-52/h8,27,29-58,68-84,86-87H,9-26H2,1-7H3/t27-,29-,30+,31-,32-,33-,34-,35-,36-,37+,38+,39-,40-,41-,42-,43-,44-,45+,46+,47-,48-,49+,50+,51+,52+,53+,54+,55+,56+,57+,58+,61-,62+,63-,64+,65+,66-,67-/m0/s1. The molecule has 7 aliphatic heterocycles. The molecule has 12 aliphatic rings. The fourth-order valence-electron chi connectivity index (χ4n) is 19.7. The summed E-state index contributed by atoms with van der Waals surface area (Å²) in [6, 6.07) is 0. The molecule has 0 radical (unpaired) electrons. The first-order valence-electron chi connectivity index (χ1n) is 35.4. The van der Waals surface area contributed by atoms with Gasteiger partial charge in [-0.1, -0.05) is 53.2 Å². The Hall–Kier alpha value is -2.07. The van der Waals surface area contributed by atoms with Gasteiger partial charge in [0, 0.05) is 5.41 Å². The second-order valence-electron chi connectivity index (χ2n) is 32.7. The third-order valence-corrected chi connectivity index (χ3v) is 26.1. The van der Waals surface area contributed by atoms with Crippen LogP contribution >= 0.6 is 0 Å². The number of carbonyl (C=O) groups excluding carboxylic acids is 1. The highest BCUT2D eigenvalue weighted by Gasteiger charge is 2.72. The molecular weight excluding hydrogens is 1350 g/mol. The number of aliphatic hydroxyl groups excluding tert-OH is 17. The van der Waals surface area contributed by atoms with E-state index in [4.69, 9.17) is 66.3 Å². The van der Waals surface area contributed by atoms with Crippen molar-refractivity contribution in [1.29, 1.82) is 0 Å². The molecule has 580 valence electrons. The predicted octanol–water partition coefficient (Wildman–Crippen LogP) is -6.39. The molecule has 0 aromatic carbocycles. The summed E-state index contributed by atoms with van der Waals surface area (Å²) in [6.45, 7) is 8.31. The van der Waals surface area contributed by atoms with Crippen LogP contribution in [0.5, 0.6) is 0 Å². The molecule has 0 bridgehead atoms. The number of aliphatic hydroxyl groups is 19. The topological polar surface area (TPSA) is 531 Å². The predicted molar refractivity (Wildman–Crippen MR) is 332 cm³/mol. The molecule has 34 nitrogen and oxygen atoms in total. The second kappa shape index (κ2) is 29.1. The van der Waals surface area contributed by atoms with Crippen molar-refractivity contribution in [2.24, 2.45) is 50.2 Å². The van der Waals surface area contributed by atoms with Crippen LogP contribution in [-0.2, 0) is 71.1 Å². The van der Waals surface area contributed by atoms with Crippen molar-refractivity contribution in [2.75, 3.05) is 59.5 Å². The van der Waals surface area contributed by atoms with E-state index in [9.17, 15) is 97.0 Å². The molecule has 0 unspecified atom stereocenters. The Morgan fingerprint density at radius 1 is 0.495 bits per heavy atom. The quantitative estimate of drug-likeness (QED) is 0.0345. The number of hydrogen-bond acceptors (Lipinski definition) is 34. The van der Waals surface area contributed by atoms with E-state index in [0.717, 1.165) is 5.57 Å². The number of fused-ring (bicyclic) bond motifs is 7. The minimum atomic E-state index is -2.24. The Balaban J connectivity index is 0.771. The Morgan fingerprint density at radius 3 is 1.64 bits per heavy atom. The van der Waals surface area contributed by atoms with Crippen LogP contribution in [0.25, 0.3) is 0 Å². The summed E-state index contributed by atoms with van der Waals surface area (Å²) < 4.78 is 83.5. The highest BCUT2D eigenvalue weighted by Crippen LogP contribution is 2.76. The largest absolute Gasteiger partial charge is 0.432 e. The molecule has 5 aliphatic carbocycles. The first kappa shape index (κ1) is 78.5. The van der Waals surface area contributed by atoms with Gasteiger partial charge in [-0.3, -0.25) is 4.79 Å². The summed E-state index contributed by atoms with van der Waals surface area (Å²) in [7, 11) is 0. The van der Waals surface area contributed by atoms with Crippen molar-refractivity contribution in [2.45, 2.75) is 290 Å². The van der Waals surface area contributed by atoms with Gasteiger partial charge in [-0.05, 0) is 104 Å². The minimum absolute atomic E-state index is 0.119. The molecule has 7 heterocycles. The molecule has 34 heteroatoms. The van der Waals surface area contributed by atoms with Crippen LogP contribution in [0.3, 0.4) is 0 Å². The number of rotatable bonds is 18. The SMILES string of the molecule is C[C@@H]1O[C@H](O[C@@H]2[C@@H](OC(=O)[C@@]34CCC(C)(C)C[C@H]3C3=CC[C@H]5[C@@]6(C)C[C@@H](O)[C@@H](O[C@H]7O[C@@H](CO)[C@H](O)[C@@H](O[C@H]8OC[C@H](O)[C@@H](O)[C@@H]8O)[C@@H]7O)[C@](C)(CO)[C@H]6CC[C@@]5(C)[C@@]3(C)CC4)OC[C@H](O)[C@H]2O)[C@@H](O)[C@H](O[C@H]2OC[C@@](O)(CO)[C@@H]2O)[C@H]1O[C@H]1OC[C@H](O)[C@@H](O[C@H]2OC[C@@](O)(CO)[C@@H]2O)[C@@H]1O. The molecule has 11 fully saturated rings. The van der Waals surface area contributed by atoms with E-state index in [2.05, 4.69) is 40.7 Å². The Kier molecular flexibility index (Phi) is 22.6. The van der Waals surface area contributed by atoms with Crippen LogP contribution < -0.4 is 0 Å². The third kappa shape index (κ3) is 13.3. The zero-order valence-corrected chi connectivity index (χ0v) is 57.8. The average Bonchev–Trinajstić information content (AvgIpc) is 0.962. The lowest BCUT2D eigenvalue weighted by atomic mass is 9.33. The Bertz CT molecular complexity index is 2900. The van der Waals surface area contributed by atoms with E-state index in [0.29, 0.717) is 51.4 Å². The molecule has 0 aromatic rings. The molecule has 0 spiro atoms. The van der Waals surface area contributed by atoms with Gasteiger partial charge in [0.15, 0.2) is 43.8 Å². The molecular formula is C67H108O34. The molecule has 4 saturated carbocycles. The number of esters is 1. The first-order valence-corrected chi connectivity index (χ1v) is 35.4. The molecule has 38 atom stereocenters. The van der Waals surface area contributed by atoms with Crippen molar-refractivity contribution in [1.82, 2.24) is 0 Å². The molecule has 0 amide bonds. The monoisotopic (exact) mass is 1460 g/mol. The Labute approximate surface area is 583 Å². The molecule has 101 heavy (non-hydrogen) atoms. The van der Waals surface area contributed by atoms with Crippen LogP contribution in [0.15, 0.2) is 11.6 Å². The van der Waals surface area contributed by atoms with Crippen LogP contribution in [0.4, 0.5) is 0 Å². The maximum atomic E-state index is 15.7. The molecule has 19 N–H and O–H groups in total. The van der Waals surface area contributed by atoms with Gasteiger partial charge >= 0.3 is 5.97 Å². The third-order valence-electron chi connectivity index (χ3n) is 26.1. The first-order chi connectivity index (χ1) is 47.4. The number of ether oxygens (including phenoxy) is 14. The summed E-state index contributed by atoms with van der Waals surface area (Å²) in [5, 5.41) is 210. The van der Waals surface area contributed by atoms with Crippen LogP contribution in [0.1, 0.15) is 106 Å². The lowest BCUT2D eigenvalue weighted by molar-refractivity contribution is -0.383. The minimum Gasteiger partial charge on any atom is -0.432 e. The molecule has 12 rings (SSSR count). The van der Waals surface area contributed by atoms with Gasteiger partial charge < -0.3 is 163 Å². The van der Waals surface area contributed by atoms with Crippen LogP contribution in [-0.4, -0.2) is 346 Å². The highest BCUT2D eigenvalue weighted by molar-refractivity contribution is 5.79. The summed E-state index contributed by atoms with van der Waals surface area (Å²) in [5.41, 5.74) is -7.66. The summed E-state index contributed by atoms with van der Waals surface area (Å²) in [5.74, 6) is -1.50. The van der Waals surface area contributed by atoms with Gasteiger partial charge in [0.1, 0.15) is 115 Å².